The number of hydrogen-bond acceptors (Lipinski definition) is 3. The number of rotatable bonds is 5. The van der Waals surface area contributed by atoms with E-state index in [0.717, 1.165) is 38.4 Å². The lowest BCUT2D eigenvalue weighted by Crippen LogP contribution is -2.39. The molecule has 0 amide bonds. The van der Waals surface area contributed by atoms with Crippen LogP contribution in [0.3, 0.4) is 0 Å². The molecule has 0 saturated carbocycles. The number of benzene rings is 1. The summed E-state index contributed by atoms with van der Waals surface area (Å²) in [7, 11) is 0. The molecule has 1 aromatic rings. The van der Waals surface area contributed by atoms with Gasteiger partial charge >= 0.3 is 0 Å². The molecule has 1 atom stereocenters. The molecule has 1 fully saturated rings. The van der Waals surface area contributed by atoms with Crippen molar-refractivity contribution in [3.63, 3.8) is 0 Å². The summed E-state index contributed by atoms with van der Waals surface area (Å²) < 4.78 is 18.3. The van der Waals surface area contributed by atoms with Crippen LogP contribution in [-0.2, 0) is 10.3 Å². The van der Waals surface area contributed by atoms with Crippen molar-refractivity contribution in [1.29, 1.82) is 0 Å². The van der Waals surface area contributed by atoms with Crippen molar-refractivity contribution in [2.75, 3.05) is 32.8 Å². The Kier molecular flexibility index (Phi) is 4.91. The molecule has 0 spiro atoms. The Hall–Kier alpha value is -0.970. The fraction of sp³-hybridized carbons (Fsp3) is 0.600. The molecule has 0 aliphatic carbocycles. The molecule has 1 saturated heterocycles. The van der Waals surface area contributed by atoms with Crippen molar-refractivity contribution >= 4 is 0 Å². The minimum absolute atomic E-state index is 0.268. The highest BCUT2D eigenvalue weighted by Gasteiger charge is 2.28. The lowest BCUT2D eigenvalue weighted by molar-refractivity contribution is -0.00696. The van der Waals surface area contributed by atoms with E-state index in [-0.39, 0.29) is 5.82 Å². The Morgan fingerprint density at radius 1 is 1.26 bits per heavy atom. The Morgan fingerprint density at radius 2 is 1.89 bits per heavy atom. The van der Waals surface area contributed by atoms with Crippen LogP contribution < -0.4 is 0 Å². The standard InChI is InChI=1S/C15H22FNO2/c1-2-15(18,13-3-5-14(16)6-4-13)7-8-17-9-11-19-12-10-17/h3-6,18H,2,7-12H2,1H3. The SMILES string of the molecule is CCC(O)(CCN1CCOCC1)c1ccc(F)cc1. The number of morpholine rings is 1. The van der Waals surface area contributed by atoms with Crippen molar-refractivity contribution < 1.29 is 14.2 Å². The van der Waals surface area contributed by atoms with Gasteiger partial charge in [-0.3, -0.25) is 4.90 Å². The van der Waals surface area contributed by atoms with Gasteiger partial charge in [-0.05, 0) is 30.5 Å². The average molecular weight is 267 g/mol. The lowest BCUT2D eigenvalue weighted by Gasteiger charge is -2.32. The van der Waals surface area contributed by atoms with Crippen molar-refractivity contribution in [3.8, 4) is 0 Å². The molecule has 1 aliphatic rings. The van der Waals surface area contributed by atoms with Gasteiger partial charge in [-0.15, -0.1) is 0 Å². The maximum atomic E-state index is 13.0. The summed E-state index contributed by atoms with van der Waals surface area (Å²) in [5.41, 5.74) is -0.0731. The molecular formula is C15H22FNO2. The van der Waals surface area contributed by atoms with E-state index in [9.17, 15) is 9.50 Å². The smallest absolute Gasteiger partial charge is 0.123 e. The molecule has 19 heavy (non-hydrogen) atoms. The Morgan fingerprint density at radius 3 is 2.47 bits per heavy atom. The van der Waals surface area contributed by atoms with Crippen LogP contribution in [0.2, 0.25) is 0 Å². The van der Waals surface area contributed by atoms with Crippen molar-refractivity contribution in [1.82, 2.24) is 4.90 Å². The number of hydrogen-bond donors (Lipinski definition) is 1. The lowest BCUT2D eigenvalue weighted by atomic mass is 9.87. The molecule has 0 bridgehead atoms. The van der Waals surface area contributed by atoms with Crippen molar-refractivity contribution in [2.24, 2.45) is 0 Å². The number of nitrogens with zero attached hydrogens (tertiary/aromatic N) is 1. The average Bonchev–Trinajstić information content (AvgIpc) is 2.46. The first-order valence-corrected chi connectivity index (χ1v) is 6.92. The van der Waals surface area contributed by atoms with Crippen LogP contribution >= 0.6 is 0 Å². The molecule has 1 N–H and O–H groups in total. The maximum Gasteiger partial charge on any atom is 0.123 e. The molecule has 1 aliphatic heterocycles. The maximum absolute atomic E-state index is 13.0. The second-order valence-electron chi connectivity index (χ2n) is 5.10. The largest absolute Gasteiger partial charge is 0.385 e. The third-order valence-corrected chi connectivity index (χ3v) is 3.91. The molecule has 1 aromatic carbocycles. The van der Waals surface area contributed by atoms with Gasteiger partial charge in [-0.2, -0.15) is 0 Å². The van der Waals surface area contributed by atoms with Crippen LogP contribution in [0.25, 0.3) is 0 Å². The Labute approximate surface area is 114 Å². The summed E-state index contributed by atoms with van der Waals surface area (Å²) in [4.78, 5) is 2.30. The topological polar surface area (TPSA) is 32.7 Å². The van der Waals surface area contributed by atoms with E-state index >= 15 is 0 Å². The van der Waals surface area contributed by atoms with E-state index in [0.29, 0.717) is 12.8 Å². The first kappa shape index (κ1) is 14.4. The van der Waals surface area contributed by atoms with Crippen LogP contribution in [0.4, 0.5) is 4.39 Å². The minimum atomic E-state index is -0.869. The Bertz CT molecular complexity index is 390. The molecule has 1 heterocycles. The third kappa shape index (κ3) is 3.75. The molecule has 1 unspecified atom stereocenters. The number of halogens is 1. The number of ether oxygens (including phenoxy) is 1. The fourth-order valence-corrected chi connectivity index (χ4v) is 2.45. The van der Waals surface area contributed by atoms with Crippen LogP contribution in [0.1, 0.15) is 25.3 Å². The zero-order chi connectivity index (χ0) is 13.7. The predicted octanol–water partition coefficient (Wildman–Crippen LogP) is 2.15. The first-order chi connectivity index (χ1) is 9.14. The highest BCUT2D eigenvalue weighted by atomic mass is 19.1. The van der Waals surface area contributed by atoms with Gasteiger partial charge in [-0.1, -0.05) is 19.1 Å². The summed E-state index contributed by atoms with van der Waals surface area (Å²) in [6, 6.07) is 6.17. The summed E-state index contributed by atoms with van der Waals surface area (Å²) in [5.74, 6) is -0.268. The normalized spacial score (nSPS) is 20.2. The molecule has 4 heteroatoms. The van der Waals surface area contributed by atoms with Gasteiger partial charge in [0.2, 0.25) is 0 Å². The monoisotopic (exact) mass is 267 g/mol. The van der Waals surface area contributed by atoms with E-state index in [1.165, 1.54) is 12.1 Å². The van der Waals surface area contributed by atoms with Gasteiger partial charge in [0.15, 0.2) is 0 Å². The van der Waals surface area contributed by atoms with Crippen LogP contribution in [0.15, 0.2) is 24.3 Å². The van der Waals surface area contributed by atoms with E-state index < -0.39 is 5.60 Å². The fourth-order valence-electron chi connectivity index (χ4n) is 2.45. The molecule has 2 rings (SSSR count). The van der Waals surface area contributed by atoms with Gasteiger partial charge in [0.1, 0.15) is 5.82 Å². The molecule has 0 aromatic heterocycles. The summed E-state index contributed by atoms with van der Waals surface area (Å²) in [6.45, 7) is 6.17. The summed E-state index contributed by atoms with van der Waals surface area (Å²) in [5, 5.41) is 10.7. The van der Waals surface area contributed by atoms with Crippen molar-refractivity contribution in [3.05, 3.63) is 35.6 Å². The van der Waals surface area contributed by atoms with Crippen LogP contribution in [0.5, 0.6) is 0 Å². The van der Waals surface area contributed by atoms with Gasteiger partial charge in [0, 0.05) is 19.6 Å². The van der Waals surface area contributed by atoms with E-state index in [1.54, 1.807) is 12.1 Å². The quantitative estimate of drug-likeness (QED) is 0.887. The highest BCUT2D eigenvalue weighted by molar-refractivity contribution is 5.23. The Balaban J connectivity index is 1.98. The first-order valence-electron chi connectivity index (χ1n) is 6.92. The van der Waals surface area contributed by atoms with Gasteiger partial charge in [0.25, 0.3) is 0 Å². The van der Waals surface area contributed by atoms with Crippen LogP contribution in [0, 0.1) is 5.82 Å². The molecule has 106 valence electrons. The van der Waals surface area contributed by atoms with Gasteiger partial charge < -0.3 is 9.84 Å². The highest BCUT2D eigenvalue weighted by Crippen LogP contribution is 2.29. The third-order valence-electron chi connectivity index (χ3n) is 3.91. The molecule has 3 nitrogen and oxygen atoms in total. The minimum Gasteiger partial charge on any atom is -0.385 e. The number of aliphatic hydroxyl groups is 1. The second-order valence-corrected chi connectivity index (χ2v) is 5.10. The van der Waals surface area contributed by atoms with E-state index in [1.807, 2.05) is 6.92 Å². The van der Waals surface area contributed by atoms with Crippen LogP contribution in [-0.4, -0.2) is 42.9 Å². The summed E-state index contributed by atoms with van der Waals surface area (Å²) >= 11 is 0. The predicted molar refractivity (Wildman–Crippen MR) is 72.5 cm³/mol. The van der Waals surface area contributed by atoms with Gasteiger partial charge in [-0.25, -0.2) is 4.39 Å². The second kappa shape index (κ2) is 6.46. The van der Waals surface area contributed by atoms with Crippen molar-refractivity contribution in [2.45, 2.75) is 25.4 Å². The zero-order valence-electron chi connectivity index (χ0n) is 11.4. The summed E-state index contributed by atoms with van der Waals surface area (Å²) in [6.07, 6.45) is 1.29. The van der Waals surface area contributed by atoms with E-state index in [2.05, 4.69) is 4.90 Å². The van der Waals surface area contributed by atoms with Gasteiger partial charge in [0.05, 0.1) is 18.8 Å². The molecular weight excluding hydrogens is 245 g/mol. The van der Waals surface area contributed by atoms with E-state index in [4.69, 9.17) is 4.74 Å². The molecule has 0 radical (unpaired) electrons. The zero-order valence-corrected chi connectivity index (χ0v) is 11.4.